The summed E-state index contributed by atoms with van der Waals surface area (Å²) in [4.78, 5) is 0. The topological polar surface area (TPSA) is 29.5 Å². The van der Waals surface area contributed by atoms with E-state index in [1.54, 1.807) is 0 Å². The zero-order valence-corrected chi connectivity index (χ0v) is 13.1. The van der Waals surface area contributed by atoms with Crippen molar-refractivity contribution in [2.24, 2.45) is 0 Å². The van der Waals surface area contributed by atoms with Gasteiger partial charge in [0.15, 0.2) is 0 Å². The van der Waals surface area contributed by atoms with Crippen LogP contribution in [-0.4, -0.2) is 11.7 Å². The van der Waals surface area contributed by atoms with Gasteiger partial charge in [0.2, 0.25) is 0 Å². The summed E-state index contributed by atoms with van der Waals surface area (Å²) < 4.78 is 6.61. The highest BCUT2D eigenvalue weighted by Gasteiger charge is 2.32. The molecule has 1 aliphatic rings. The average Bonchev–Trinajstić information content (AvgIpc) is 2.74. The van der Waals surface area contributed by atoms with Gasteiger partial charge in [0.25, 0.3) is 0 Å². The Kier molecular flexibility index (Phi) is 3.35. The van der Waals surface area contributed by atoms with Crippen molar-refractivity contribution in [2.45, 2.75) is 25.4 Å². The Morgan fingerprint density at radius 3 is 2.70 bits per heavy atom. The normalized spacial score (nSPS) is 17.4. The number of halogens is 1. The minimum absolute atomic E-state index is 0.00101. The number of aliphatic hydroxyl groups is 1. The van der Waals surface area contributed by atoms with Crippen molar-refractivity contribution in [3.8, 4) is 5.75 Å². The maximum Gasteiger partial charge on any atom is 0.123 e. The van der Waals surface area contributed by atoms with E-state index in [2.05, 4.69) is 35.8 Å². The van der Waals surface area contributed by atoms with Gasteiger partial charge in [-0.2, -0.15) is 0 Å². The molecular formula is C17H17BrO2. The van der Waals surface area contributed by atoms with E-state index in [9.17, 15) is 5.11 Å². The molecule has 0 aliphatic carbocycles. The number of benzene rings is 2. The highest BCUT2D eigenvalue weighted by atomic mass is 79.9. The molecule has 1 N–H and O–H groups in total. The lowest BCUT2D eigenvalue weighted by Gasteiger charge is -2.18. The first kappa shape index (κ1) is 13.7. The molecule has 0 radical (unpaired) electrons. The van der Waals surface area contributed by atoms with E-state index in [1.165, 1.54) is 5.56 Å². The molecule has 0 fully saturated rings. The van der Waals surface area contributed by atoms with Crippen molar-refractivity contribution in [3.63, 3.8) is 0 Å². The minimum atomic E-state index is -0.632. The van der Waals surface area contributed by atoms with Crippen LogP contribution < -0.4 is 4.74 Å². The summed E-state index contributed by atoms with van der Waals surface area (Å²) in [6, 6.07) is 13.7. The zero-order chi connectivity index (χ0) is 14.3. The Hall–Kier alpha value is -1.32. The van der Waals surface area contributed by atoms with Crippen LogP contribution in [0.5, 0.6) is 5.75 Å². The third-order valence-corrected chi connectivity index (χ3v) is 4.56. The summed E-state index contributed by atoms with van der Waals surface area (Å²) in [6.07, 6.45) is -0.632. The summed E-state index contributed by atoms with van der Waals surface area (Å²) in [5.74, 6) is 0.929. The standard InChI is InChI=1S/C17H17BrO2/c1-17(2)10-20-15-8-7-11(9-13(15)17)16(19)12-5-3-4-6-14(12)18/h3-9,16,19H,10H2,1-2H3. The highest BCUT2D eigenvalue weighted by molar-refractivity contribution is 9.10. The van der Waals surface area contributed by atoms with E-state index >= 15 is 0 Å². The maximum absolute atomic E-state index is 10.6. The fourth-order valence-electron chi connectivity index (χ4n) is 2.58. The number of hydrogen-bond acceptors (Lipinski definition) is 2. The van der Waals surface area contributed by atoms with Crippen LogP contribution >= 0.6 is 15.9 Å². The number of rotatable bonds is 2. The first-order valence-corrected chi connectivity index (χ1v) is 7.48. The fourth-order valence-corrected chi connectivity index (χ4v) is 3.09. The first-order valence-electron chi connectivity index (χ1n) is 6.69. The largest absolute Gasteiger partial charge is 0.492 e. The second-order valence-corrected chi connectivity index (χ2v) is 6.71. The van der Waals surface area contributed by atoms with Crippen molar-refractivity contribution >= 4 is 15.9 Å². The smallest absolute Gasteiger partial charge is 0.123 e. The molecule has 20 heavy (non-hydrogen) atoms. The summed E-state index contributed by atoms with van der Waals surface area (Å²) in [7, 11) is 0. The lowest BCUT2D eigenvalue weighted by molar-refractivity contribution is 0.219. The molecule has 1 aliphatic heterocycles. The first-order chi connectivity index (χ1) is 9.49. The van der Waals surface area contributed by atoms with Crippen LogP contribution in [0.25, 0.3) is 0 Å². The number of fused-ring (bicyclic) bond motifs is 1. The predicted molar refractivity (Wildman–Crippen MR) is 83.2 cm³/mol. The fraction of sp³-hybridized carbons (Fsp3) is 0.294. The quantitative estimate of drug-likeness (QED) is 0.892. The molecule has 0 saturated heterocycles. The molecule has 0 aromatic heterocycles. The molecule has 0 saturated carbocycles. The van der Waals surface area contributed by atoms with Crippen LogP contribution in [0.1, 0.15) is 36.6 Å². The second-order valence-electron chi connectivity index (χ2n) is 5.85. The molecule has 2 nitrogen and oxygen atoms in total. The van der Waals surface area contributed by atoms with Crippen molar-refractivity contribution in [3.05, 3.63) is 63.6 Å². The Morgan fingerprint density at radius 2 is 1.95 bits per heavy atom. The highest BCUT2D eigenvalue weighted by Crippen LogP contribution is 2.40. The van der Waals surface area contributed by atoms with Crippen molar-refractivity contribution < 1.29 is 9.84 Å². The SMILES string of the molecule is CC1(C)COc2ccc(C(O)c3ccccc3Br)cc21. The van der Waals surface area contributed by atoms with E-state index in [0.717, 1.165) is 21.3 Å². The van der Waals surface area contributed by atoms with Gasteiger partial charge in [0, 0.05) is 15.5 Å². The van der Waals surface area contributed by atoms with E-state index in [0.29, 0.717) is 6.61 Å². The second kappa shape index (κ2) is 4.90. The molecule has 2 aromatic rings. The van der Waals surface area contributed by atoms with Crippen LogP contribution in [-0.2, 0) is 5.41 Å². The van der Waals surface area contributed by atoms with Crippen molar-refractivity contribution in [1.29, 1.82) is 0 Å². The van der Waals surface area contributed by atoms with Crippen LogP contribution in [0.4, 0.5) is 0 Å². The Labute approximate surface area is 127 Å². The van der Waals surface area contributed by atoms with Crippen molar-refractivity contribution in [2.75, 3.05) is 6.61 Å². The molecule has 0 spiro atoms. The van der Waals surface area contributed by atoms with Gasteiger partial charge < -0.3 is 9.84 Å². The van der Waals surface area contributed by atoms with Gasteiger partial charge in [-0.1, -0.05) is 54.0 Å². The van der Waals surface area contributed by atoms with Gasteiger partial charge in [-0.05, 0) is 29.3 Å². The van der Waals surface area contributed by atoms with E-state index < -0.39 is 6.10 Å². The van der Waals surface area contributed by atoms with Gasteiger partial charge in [0.05, 0.1) is 6.61 Å². The molecule has 3 rings (SSSR count). The molecule has 1 unspecified atom stereocenters. The van der Waals surface area contributed by atoms with Gasteiger partial charge in [-0.25, -0.2) is 0 Å². The molecule has 2 aromatic carbocycles. The van der Waals surface area contributed by atoms with E-state index in [4.69, 9.17) is 4.74 Å². The van der Waals surface area contributed by atoms with Crippen LogP contribution in [0.2, 0.25) is 0 Å². The summed E-state index contributed by atoms with van der Waals surface area (Å²) >= 11 is 3.49. The summed E-state index contributed by atoms with van der Waals surface area (Å²) in [5.41, 5.74) is 2.94. The lowest BCUT2D eigenvalue weighted by atomic mass is 9.85. The van der Waals surface area contributed by atoms with Gasteiger partial charge >= 0.3 is 0 Å². The molecule has 1 atom stereocenters. The molecular weight excluding hydrogens is 316 g/mol. The lowest BCUT2D eigenvalue weighted by Crippen LogP contribution is -2.18. The predicted octanol–water partition coefficient (Wildman–Crippen LogP) is 4.20. The number of ether oxygens (including phenoxy) is 1. The summed E-state index contributed by atoms with van der Waals surface area (Å²) in [6.45, 7) is 5.01. The minimum Gasteiger partial charge on any atom is -0.492 e. The third-order valence-electron chi connectivity index (χ3n) is 3.84. The van der Waals surface area contributed by atoms with Crippen molar-refractivity contribution in [1.82, 2.24) is 0 Å². The molecule has 0 bridgehead atoms. The van der Waals surface area contributed by atoms with Gasteiger partial charge in [-0.3, -0.25) is 0 Å². The van der Waals surface area contributed by atoms with Crippen LogP contribution in [0.3, 0.4) is 0 Å². The van der Waals surface area contributed by atoms with Crippen LogP contribution in [0.15, 0.2) is 46.9 Å². The van der Waals surface area contributed by atoms with E-state index in [-0.39, 0.29) is 5.41 Å². The average molecular weight is 333 g/mol. The number of hydrogen-bond donors (Lipinski definition) is 1. The Balaban J connectivity index is 2.02. The van der Waals surface area contributed by atoms with E-state index in [1.807, 2.05) is 36.4 Å². The summed E-state index contributed by atoms with van der Waals surface area (Å²) in [5, 5.41) is 10.6. The molecule has 104 valence electrons. The monoisotopic (exact) mass is 332 g/mol. The van der Waals surface area contributed by atoms with Crippen LogP contribution in [0, 0.1) is 0 Å². The van der Waals surface area contributed by atoms with Gasteiger partial charge in [0.1, 0.15) is 11.9 Å². The Morgan fingerprint density at radius 1 is 1.20 bits per heavy atom. The zero-order valence-electron chi connectivity index (χ0n) is 11.6. The molecule has 0 amide bonds. The third kappa shape index (κ3) is 2.25. The number of aliphatic hydroxyl groups excluding tert-OH is 1. The molecule has 3 heteroatoms. The van der Waals surface area contributed by atoms with Gasteiger partial charge in [-0.15, -0.1) is 0 Å². The molecule has 1 heterocycles. The maximum atomic E-state index is 10.6. The Bertz CT molecular complexity index is 649.